The molecule has 1 aromatic heterocycles. The van der Waals surface area contributed by atoms with Crippen LogP contribution in [0, 0.1) is 11.3 Å². The Morgan fingerprint density at radius 1 is 1.23 bits per heavy atom. The normalized spacial score (nSPS) is 15.1. The third kappa shape index (κ3) is 3.29. The van der Waals surface area contributed by atoms with E-state index >= 15 is 0 Å². The van der Waals surface area contributed by atoms with Crippen molar-refractivity contribution in [3.63, 3.8) is 0 Å². The first kappa shape index (κ1) is 15.4. The fourth-order valence-corrected chi connectivity index (χ4v) is 3.52. The van der Waals surface area contributed by atoms with E-state index in [9.17, 15) is 5.26 Å². The van der Waals surface area contributed by atoms with Gasteiger partial charge in [0.25, 0.3) is 0 Å². The summed E-state index contributed by atoms with van der Waals surface area (Å²) in [6.45, 7) is 2.04. The first-order chi connectivity index (χ1) is 10.7. The number of benzene rings is 1. The van der Waals surface area contributed by atoms with Gasteiger partial charge in [-0.1, -0.05) is 28.1 Å². The van der Waals surface area contributed by atoms with E-state index in [0.29, 0.717) is 11.3 Å². The molecule has 0 unspecified atom stereocenters. The molecule has 0 spiro atoms. The Morgan fingerprint density at radius 2 is 2.00 bits per heavy atom. The van der Waals surface area contributed by atoms with Gasteiger partial charge in [0, 0.05) is 23.6 Å². The highest BCUT2D eigenvalue weighted by atomic mass is 79.9. The molecule has 5 heteroatoms. The number of allylic oxidation sites excluding steroid dienone is 1. The number of halogens is 2. The fraction of sp³-hybridized carbons (Fsp3) is 0.235. The predicted octanol–water partition coefficient (Wildman–Crippen LogP) is 5.47. The summed E-state index contributed by atoms with van der Waals surface area (Å²) in [7, 11) is 0. The van der Waals surface area contributed by atoms with E-state index in [-0.39, 0.29) is 0 Å². The smallest absolute Gasteiger partial charge is 0.210 e. The maximum absolute atomic E-state index is 9.42. The highest BCUT2D eigenvalue weighted by Crippen LogP contribution is 2.34. The van der Waals surface area contributed by atoms with Crippen molar-refractivity contribution in [2.24, 2.45) is 0 Å². The summed E-state index contributed by atoms with van der Waals surface area (Å²) in [4.78, 5) is 2.23. The Labute approximate surface area is 146 Å². The van der Waals surface area contributed by atoms with Gasteiger partial charge in [0.15, 0.2) is 0 Å². The second-order valence-corrected chi connectivity index (χ2v) is 6.95. The van der Waals surface area contributed by atoms with Gasteiger partial charge in [0.05, 0.1) is 16.1 Å². The molecule has 22 heavy (non-hydrogen) atoms. The van der Waals surface area contributed by atoms with Crippen LogP contribution < -0.4 is 4.90 Å². The predicted molar refractivity (Wildman–Crippen MR) is 95.5 cm³/mol. The van der Waals surface area contributed by atoms with Crippen molar-refractivity contribution in [1.82, 2.24) is 0 Å². The number of nitriles is 1. The largest absolute Gasteiger partial charge is 0.440 e. The molecule has 1 saturated heterocycles. The minimum Gasteiger partial charge on any atom is -0.440 e. The SMILES string of the molecule is N#C/C(=C/c1cc(Br)c(N2CCCC2)o1)c1cccc(Br)c1. The van der Waals surface area contributed by atoms with Crippen molar-refractivity contribution >= 4 is 49.4 Å². The molecule has 0 amide bonds. The zero-order chi connectivity index (χ0) is 15.5. The van der Waals surface area contributed by atoms with Crippen LogP contribution in [0.4, 0.5) is 5.88 Å². The lowest BCUT2D eigenvalue weighted by Crippen LogP contribution is -2.17. The van der Waals surface area contributed by atoms with Crippen LogP contribution in [0.1, 0.15) is 24.2 Å². The van der Waals surface area contributed by atoms with E-state index in [1.165, 1.54) is 12.8 Å². The van der Waals surface area contributed by atoms with Crippen LogP contribution in [-0.2, 0) is 0 Å². The van der Waals surface area contributed by atoms with Gasteiger partial charge >= 0.3 is 0 Å². The summed E-state index contributed by atoms with van der Waals surface area (Å²) in [5.41, 5.74) is 1.45. The van der Waals surface area contributed by atoms with E-state index in [1.807, 2.05) is 30.3 Å². The van der Waals surface area contributed by atoms with Crippen molar-refractivity contribution in [3.8, 4) is 6.07 Å². The van der Waals surface area contributed by atoms with E-state index in [0.717, 1.165) is 33.5 Å². The second-order valence-electron chi connectivity index (χ2n) is 5.18. The Bertz CT molecular complexity index is 752. The van der Waals surface area contributed by atoms with E-state index < -0.39 is 0 Å². The first-order valence-electron chi connectivity index (χ1n) is 7.09. The maximum atomic E-state index is 9.42. The average molecular weight is 422 g/mol. The lowest BCUT2D eigenvalue weighted by molar-refractivity contribution is 0.546. The molecule has 112 valence electrons. The zero-order valence-electron chi connectivity index (χ0n) is 11.9. The van der Waals surface area contributed by atoms with Crippen molar-refractivity contribution in [3.05, 3.63) is 50.6 Å². The summed E-state index contributed by atoms with van der Waals surface area (Å²) >= 11 is 6.98. The van der Waals surface area contributed by atoms with E-state index in [2.05, 4.69) is 42.8 Å². The topological polar surface area (TPSA) is 40.2 Å². The molecule has 2 heterocycles. The van der Waals surface area contributed by atoms with Crippen molar-refractivity contribution < 1.29 is 4.42 Å². The number of furan rings is 1. The molecule has 2 aromatic rings. The van der Waals surface area contributed by atoms with Crippen LogP contribution in [0.2, 0.25) is 0 Å². The highest BCUT2D eigenvalue weighted by Gasteiger charge is 2.19. The lowest BCUT2D eigenvalue weighted by Gasteiger charge is -2.13. The van der Waals surface area contributed by atoms with Crippen LogP contribution in [0.15, 0.2) is 43.7 Å². The summed E-state index contributed by atoms with van der Waals surface area (Å²) < 4.78 is 7.81. The summed E-state index contributed by atoms with van der Waals surface area (Å²) in [5, 5.41) is 9.42. The van der Waals surface area contributed by atoms with Crippen LogP contribution in [-0.4, -0.2) is 13.1 Å². The van der Waals surface area contributed by atoms with Crippen molar-refractivity contribution in [2.75, 3.05) is 18.0 Å². The van der Waals surface area contributed by atoms with Gasteiger partial charge < -0.3 is 9.32 Å². The van der Waals surface area contributed by atoms with Gasteiger partial charge in [-0.15, -0.1) is 0 Å². The first-order valence-corrected chi connectivity index (χ1v) is 8.68. The Morgan fingerprint density at radius 3 is 2.68 bits per heavy atom. The monoisotopic (exact) mass is 420 g/mol. The van der Waals surface area contributed by atoms with Gasteiger partial charge in [-0.05, 0) is 52.5 Å². The number of nitrogens with zero attached hydrogens (tertiary/aromatic N) is 2. The Balaban J connectivity index is 1.93. The van der Waals surface area contributed by atoms with Gasteiger partial charge in [-0.25, -0.2) is 0 Å². The van der Waals surface area contributed by atoms with E-state index in [4.69, 9.17) is 4.42 Å². The van der Waals surface area contributed by atoms with Gasteiger partial charge in [-0.3, -0.25) is 0 Å². The minimum atomic E-state index is 0.579. The molecule has 0 bridgehead atoms. The second kappa shape index (κ2) is 6.72. The molecule has 0 aliphatic carbocycles. The molecule has 1 fully saturated rings. The molecule has 1 aliphatic heterocycles. The van der Waals surface area contributed by atoms with Gasteiger partial charge in [0.2, 0.25) is 5.88 Å². The molecule has 1 aromatic carbocycles. The lowest BCUT2D eigenvalue weighted by atomic mass is 10.1. The van der Waals surface area contributed by atoms with Crippen LogP contribution in [0.5, 0.6) is 0 Å². The van der Waals surface area contributed by atoms with Crippen LogP contribution in [0.3, 0.4) is 0 Å². The van der Waals surface area contributed by atoms with Crippen LogP contribution >= 0.6 is 31.9 Å². The number of rotatable bonds is 3. The molecule has 3 nitrogen and oxygen atoms in total. The third-order valence-electron chi connectivity index (χ3n) is 3.62. The van der Waals surface area contributed by atoms with Gasteiger partial charge in [-0.2, -0.15) is 5.26 Å². The maximum Gasteiger partial charge on any atom is 0.210 e. The molecule has 3 rings (SSSR count). The highest BCUT2D eigenvalue weighted by molar-refractivity contribution is 9.10. The summed E-state index contributed by atoms with van der Waals surface area (Å²) in [6, 6.07) is 11.9. The average Bonchev–Trinajstić information content (AvgIpc) is 3.14. The number of anilines is 1. The molecular weight excluding hydrogens is 408 g/mol. The zero-order valence-corrected chi connectivity index (χ0v) is 15.0. The number of hydrogen-bond donors (Lipinski definition) is 0. The summed E-state index contributed by atoms with van der Waals surface area (Å²) in [5.74, 6) is 1.54. The third-order valence-corrected chi connectivity index (χ3v) is 4.69. The van der Waals surface area contributed by atoms with Crippen molar-refractivity contribution in [2.45, 2.75) is 12.8 Å². The summed E-state index contributed by atoms with van der Waals surface area (Å²) in [6.07, 6.45) is 4.17. The molecule has 0 saturated carbocycles. The molecular formula is C17H14Br2N2O. The molecule has 1 aliphatic rings. The molecule has 0 atom stereocenters. The molecule has 0 radical (unpaired) electrons. The standard InChI is InChI=1S/C17H14Br2N2O/c18-14-5-3-4-12(8-14)13(11-20)9-15-10-16(19)17(22-15)21-6-1-2-7-21/h3-5,8-10H,1-2,6-7H2/b13-9-. The quantitative estimate of drug-likeness (QED) is 0.617. The fourth-order valence-electron chi connectivity index (χ4n) is 2.56. The van der Waals surface area contributed by atoms with Crippen LogP contribution in [0.25, 0.3) is 11.6 Å². The Hall–Kier alpha value is -1.51. The van der Waals surface area contributed by atoms with E-state index in [1.54, 1.807) is 6.08 Å². The minimum absolute atomic E-state index is 0.579. The molecule has 0 N–H and O–H groups in total. The number of hydrogen-bond acceptors (Lipinski definition) is 3. The van der Waals surface area contributed by atoms with Gasteiger partial charge in [0.1, 0.15) is 5.76 Å². The van der Waals surface area contributed by atoms with Crippen molar-refractivity contribution in [1.29, 1.82) is 5.26 Å². The Kier molecular flexibility index (Phi) is 4.70.